The smallest absolute Gasteiger partial charge is 0.220 e. The van der Waals surface area contributed by atoms with Gasteiger partial charge in [0.2, 0.25) is 5.91 Å². The lowest BCUT2D eigenvalue weighted by Gasteiger charge is -2.09. The van der Waals surface area contributed by atoms with E-state index in [2.05, 4.69) is 22.0 Å². The molecule has 0 spiro atoms. The summed E-state index contributed by atoms with van der Waals surface area (Å²) in [7, 11) is 0. The number of hydrogen-bond donors (Lipinski definition) is 3. The summed E-state index contributed by atoms with van der Waals surface area (Å²) in [4.78, 5) is 24.4. The summed E-state index contributed by atoms with van der Waals surface area (Å²) in [5.74, 6) is -0.0512. The number of amides is 1. The number of rotatable bonds is 8. The van der Waals surface area contributed by atoms with Crippen molar-refractivity contribution < 1.29 is 9.59 Å². The van der Waals surface area contributed by atoms with Gasteiger partial charge in [0.25, 0.3) is 0 Å². The highest BCUT2D eigenvalue weighted by atomic mass is 16.2. The lowest BCUT2D eigenvalue weighted by atomic mass is 9.97. The van der Waals surface area contributed by atoms with Gasteiger partial charge in [-0.15, -0.1) is 0 Å². The highest BCUT2D eigenvalue weighted by Gasteiger charge is 2.13. The van der Waals surface area contributed by atoms with Gasteiger partial charge >= 0.3 is 0 Å². The van der Waals surface area contributed by atoms with E-state index in [-0.39, 0.29) is 24.5 Å². The van der Waals surface area contributed by atoms with Crippen LogP contribution in [-0.2, 0) is 17.6 Å². The van der Waals surface area contributed by atoms with Crippen molar-refractivity contribution in [3.05, 3.63) is 65.2 Å². The molecule has 5 heteroatoms. The van der Waals surface area contributed by atoms with Crippen molar-refractivity contribution in [1.82, 2.24) is 10.6 Å². The average Bonchev–Trinajstić information content (AvgIpc) is 2.95. The summed E-state index contributed by atoms with van der Waals surface area (Å²) in [6, 6.07) is 15.8. The second kappa shape index (κ2) is 9.88. The number of Topliss-reactive ketones (excluding diaryl/α,β-unsaturated/α-hetero) is 1. The van der Waals surface area contributed by atoms with E-state index in [0.29, 0.717) is 18.7 Å². The summed E-state index contributed by atoms with van der Waals surface area (Å²) in [5.41, 5.74) is 4.32. The fourth-order valence-corrected chi connectivity index (χ4v) is 3.27. The molecule has 27 heavy (non-hydrogen) atoms. The first-order valence-corrected chi connectivity index (χ1v) is 9.64. The topological polar surface area (TPSA) is 70.2 Å². The zero-order valence-electron chi connectivity index (χ0n) is 15.6. The molecule has 0 atom stereocenters. The number of hydrogen-bond acceptors (Lipinski definition) is 4. The molecular weight excluding hydrogens is 338 g/mol. The first kappa shape index (κ1) is 19.1. The molecule has 1 aliphatic rings. The Morgan fingerprint density at radius 2 is 1.67 bits per heavy atom. The lowest BCUT2D eigenvalue weighted by Crippen LogP contribution is -2.29. The molecule has 3 N–H and O–H groups in total. The van der Waals surface area contributed by atoms with Crippen LogP contribution in [0.15, 0.2) is 48.5 Å². The molecule has 3 rings (SSSR count). The number of benzene rings is 2. The number of anilines is 1. The van der Waals surface area contributed by atoms with Gasteiger partial charge in [-0.3, -0.25) is 9.59 Å². The van der Waals surface area contributed by atoms with Crippen molar-refractivity contribution in [2.24, 2.45) is 0 Å². The molecule has 1 heterocycles. The maximum absolute atomic E-state index is 12.4. The monoisotopic (exact) mass is 365 g/mol. The number of ketones is 1. The number of fused-ring (bicyclic) bond motifs is 1. The Bertz CT molecular complexity index is 774. The van der Waals surface area contributed by atoms with Crippen LogP contribution in [0.3, 0.4) is 0 Å². The van der Waals surface area contributed by atoms with Crippen LogP contribution in [-0.4, -0.2) is 37.9 Å². The van der Waals surface area contributed by atoms with Crippen LogP contribution in [0.4, 0.5) is 5.69 Å². The minimum atomic E-state index is -0.0860. The first-order chi connectivity index (χ1) is 13.2. The molecule has 142 valence electrons. The van der Waals surface area contributed by atoms with Crippen molar-refractivity contribution in [2.45, 2.75) is 25.7 Å². The molecule has 0 radical (unpaired) electrons. The number of carbonyl (C=O) groups is 2. The van der Waals surface area contributed by atoms with Crippen LogP contribution >= 0.6 is 0 Å². The Kier molecular flexibility index (Phi) is 6.99. The third kappa shape index (κ3) is 5.93. The lowest BCUT2D eigenvalue weighted by molar-refractivity contribution is -0.120. The van der Waals surface area contributed by atoms with Gasteiger partial charge in [-0.1, -0.05) is 30.3 Å². The fourth-order valence-electron chi connectivity index (χ4n) is 3.27. The quantitative estimate of drug-likeness (QED) is 0.497. The standard InChI is InChI=1S/C22H27N3O2/c26-21(19-7-6-17-10-12-23-13-11-18(17)16-19)8-9-22(27)25-15-14-24-20-4-2-1-3-5-20/h1-7,16,23-24H,8-15H2,(H,25,27). The Hall–Kier alpha value is -2.66. The molecule has 0 saturated heterocycles. The molecule has 1 aliphatic heterocycles. The van der Waals surface area contributed by atoms with E-state index in [4.69, 9.17) is 0 Å². The molecular formula is C22H27N3O2. The predicted octanol–water partition coefficient (Wildman–Crippen LogP) is 2.57. The Labute approximate surface area is 160 Å². The summed E-state index contributed by atoms with van der Waals surface area (Å²) >= 11 is 0. The molecule has 1 amide bonds. The number of carbonyl (C=O) groups excluding carboxylic acids is 2. The average molecular weight is 365 g/mol. The first-order valence-electron chi connectivity index (χ1n) is 9.64. The van der Waals surface area contributed by atoms with E-state index < -0.39 is 0 Å². The number of nitrogens with one attached hydrogen (secondary N) is 3. The highest BCUT2D eigenvalue weighted by Crippen LogP contribution is 2.17. The summed E-state index contributed by atoms with van der Waals surface area (Å²) in [6.07, 6.45) is 2.42. The zero-order valence-corrected chi connectivity index (χ0v) is 15.6. The molecule has 2 aromatic rings. The van der Waals surface area contributed by atoms with Gasteiger partial charge in [0.15, 0.2) is 5.78 Å². The second-order valence-electron chi connectivity index (χ2n) is 6.80. The third-order valence-electron chi connectivity index (χ3n) is 4.80. The van der Waals surface area contributed by atoms with E-state index in [0.717, 1.165) is 31.6 Å². The summed E-state index contributed by atoms with van der Waals surface area (Å²) in [5, 5.41) is 9.47. The second-order valence-corrected chi connectivity index (χ2v) is 6.80. The minimum absolute atomic E-state index is 0.0348. The normalized spacial score (nSPS) is 13.3. The van der Waals surface area contributed by atoms with Gasteiger partial charge in [0.1, 0.15) is 0 Å². The summed E-state index contributed by atoms with van der Waals surface area (Å²) in [6.45, 7) is 3.12. The van der Waals surface area contributed by atoms with Gasteiger partial charge < -0.3 is 16.0 Å². The van der Waals surface area contributed by atoms with Gasteiger partial charge in [-0.2, -0.15) is 0 Å². The maximum atomic E-state index is 12.4. The van der Waals surface area contributed by atoms with Crippen molar-refractivity contribution in [2.75, 3.05) is 31.5 Å². The molecule has 0 bridgehead atoms. The van der Waals surface area contributed by atoms with Crippen LogP contribution in [0.25, 0.3) is 0 Å². The van der Waals surface area contributed by atoms with Crippen LogP contribution in [0.1, 0.15) is 34.3 Å². The van der Waals surface area contributed by atoms with Crippen molar-refractivity contribution in [1.29, 1.82) is 0 Å². The zero-order chi connectivity index (χ0) is 18.9. The predicted molar refractivity (Wildman–Crippen MR) is 108 cm³/mol. The molecule has 0 aliphatic carbocycles. The maximum Gasteiger partial charge on any atom is 0.220 e. The molecule has 0 fully saturated rings. The Morgan fingerprint density at radius 3 is 2.48 bits per heavy atom. The van der Waals surface area contributed by atoms with Crippen LogP contribution in [0.5, 0.6) is 0 Å². The molecule has 5 nitrogen and oxygen atoms in total. The third-order valence-corrected chi connectivity index (χ3v) is 4.80. The van der Waals surface area contributed by atoms with Crippen molar-refractivity contribution in [3.8, 4) is 0 Å². The van der Waals surface area contributed by atoms with Gasteiger partial charge in [0.05, 0.1) is 0 Å². The van der Waals surface area contributed by atoms with E-state index >= 15 is 0 Å². The Balaban J connectivity index is 1.39. The molecule has 2 aromatic carbocycles. The molecule has 0 aromatic heterocycles. The van der Waals surface area contributed by atoms with Gasteiger partial charge in [-0.05, 0) is 55.3 Å². The van der Waals surface area contributed by atoms with Gasteiger partial charge in [0, 0.05) is 37.2 Å². The highest BCUT2D eigenvalue weighted by molar-refractivity contribution is 5.98. The van der Waals surface area contributed by atoms with E-state index in [1.807, 2.05) is 42.5 Å². The van der Waals surface area contributed by atoms with E-state index in [9.17, 15) is 9.59 Å². The number of para-hydroxylation sites is 1. The van der Waals surface area contributed by atoms with E-state index in [1.54, 1.807) is 0 Å². The van der Waals surface area contributed by atoms with Crippen molar-refractivity contribution >= 4 is 17.4 Å². The molecule has 0 unspecified atom stereocenters. The fraction of sp³-hybridized carbons (Fsp3) is 0.364. The van der Waals surface area contributed by atoms with E-state index in [1.165, 1.54) is 11.1 Å². The largest absolute Gasteiger partial charge is 0.383 e. The SMILES string of the molecule is O=C(CCC(=O)c1ccc2c(c1)CCNCC2)NCCNc1ccccc1. The van der Waals surface area contributed by atoms with Crippen LogP contribution in [0.2, 0.25) is 0 Å². The van der Waals surface area contributed by atoms with Crippen molar-refractivity contribution in [3.63, 3.8) is 0 Å². The Morgan fingerprint density at radius 1 is 0.889 bits per heavy atom. The summed E-state index contributed by atoms with van der Waals surface area (Å²) < 4.78 is 0. The minimum Gasteiger partial charge on any atom is -0.383 e. The van der Waals surface area contributed by atoms with Crippen LogP contribution < -0.4 is 16.0 Å². The molecule has 0 saturated carbocycles. The van der Waals surface area contributed by atoms with Gasteiger partial charge in [-0.25, -0.2) is 0 Å². The van der Waals surface area contributed by atoms with Crippen LogP contribution in [0, 0.1) is 0 Å².